The smallest absolute Gasteiger partial charge is 0.373 e. The molecule has 0 N–H and O–H groups in total. The summed E-state index contributed by atoms with van der Waals surface area (Å²) in [6.45, 7) is 1.84. The maximum absolute atomic E-state index is 13.5. The highest BCUT2D eigenvalue weighted by molar-refractivity contribution is 5.30. The summed E-state index contributed by atoms with van der Waals surface area (Å²) in [4.78, 5) is 0. The molecule has 0 aliphatic heterocycles. The zero-order valence-electron chi connectivity index (χ0n) is 9.65. The Labute approximate surface area is 117 Å². The molecule has 90 valence electrons. The highest BCUT2D eigenvalue weighted by atomic mass is 127. The normalized spacial score (nSPS) is 9.59. The molecule has 4 heteroatoms. The lowest BCUT2D eigenvalue weighted by molar-refractivity contribution is -0.675. The molecular weight excluding hydrogens is 332 g/mol. The predicted molar refractivity (Wildman–Crippen MR) is 58.8 cm³/mol. The molecule has 1 aromatic heterocycles. The van der Waals surface area contributed by atoms with E-state index in [1.54, 1.807) is 16.7 Å². The number of halogens is 2. The maximum atomic E-state index is 13.5. The van der Waals surface area contributed by atoms with E-state index in [1.165, 1.54) is 6.07 Å². The first kappa shape index (κ1) is 13.9. The van der Waals surface area contributed by atoms with Gasteiger partial charge < -0.3 is 28.7 Å². The summed E-state index contributed by atoms with van der Waals surface area (Å²) in [5.41, 5.74) is 0.877. The van der Waals surface area contributed by atoms with Crippen molar-refractivity contribution in [1.29, 1.82) is 0 Å². The van der Waals surface area contributed by atoms with Gasteiger partial charge in [-0.15, -0.1) is 0 Å². The Hall–Kier alpha value is -1.17. The van der Waals surface area contributed by atoms with Crippen molar-refractivity contribution in [2.45, 2.75) is 6.92 Å². The first-order valence-electron chi connectivity index (χ1n) is 5.05. The van der Waals surface area contributed by atoms with Crippen LogP contribution in [0.25, 0.3) is 0 Å². The number of aryl methyl sites for hydroxylation is 2. The van der Waals surface area contributed by atoms with Crippen LogP contribution in [0, 0.1) is 12.7 Å². The molecule has 0 bridgehead atoms. The molecule has 17 heavy (non-hydrogen) atoms. The number of pyridine rings is 1. The third kappa shape index (κ3) is 3.39. The van der Waals surface area contributed by atoms with E-state index in [0.717, 1.165) is 5.56 Å². The Kier molecular flexibility index (Phi) is 4.86. The van der Waals surface area contributed by atoms with E-state index in [4.69, 9.17) is 4.74 Å². The average molecular weight is 345 g/mol. The minimum Gasteiger partial charge on any atom is -1.00 e. The van der Waals surface area contributed by atoms with Crippen molar-refractivity contribution in [1.82, 2.24) is 0 Å². The van der Waals surface area contributed by atoms with Crippen molar-refractivity contribution in [3.05, 3.63) is 54.0 Å². The molecule has 0 amide bonds. The summed E-state index contributed by atoms with van der Waals surface area (Å²) >= 11 is 0. The molecule has 0 atom stereocenters. The van der Waals surface area contributed by atoms with Gasteiger partial charge in [0, 0.05) is 6.07 Å². The molecule has 2 rings (SSSR count). The molecule has 0 aliphatic rings. The van der Waals surface area contributed by atoms with E-state index in [1.807, 2.05) is 38.4 Å². The number of rotatable bonds is 2. The van der Waals surface area contributed by atoms with E-state index in [2.05, 4.69) is 0 Å². The molecule has 0 fully saturated rings. The molecule has 0 spiro atoms. The van der Waals surface area contributed by atoms with E-state index in [9.17, 15) is 4.39 Å². The van der Waals surface area contributed by atoms with E-state index in [0.29, 0.717) is 5.88 Å². The molecule has 0 saturated heterocycles. The number of nitrogens with zero attached hydrogens (tertiary/aromatic N) is 1. The molecular formula is C13H13FINO. The van der Waals surface area contributed by atoms with Crippen LogP contribution in [0.2, 0.25) is 0 Å². The first-order chi connectivity index (χ1) is 7.66. The quantitative estimate of drug-likeness (QED) is 0.541. The van der Waals surface area contributed by atoms with Crippen molar-refractivity contribution in [2.24, 2.45) is 7.05 Å². The second kappa shape index (κ2) is 5.95. The molecule has 0 unspecified atom stereocenters. The van der Waals surface area contributed by atoms with Gasteiger partial charge in [0.15, 0.2) is 17.8 Å². The van der Waals surface area contributed by atoms with Gasteiger partial charge in [-0.1, -0.05) is 6.07 Å². The van der Waals surface area contributed by atoms with Crippen LogP contribution in [0.4, 0.5) is 4.39 Å². The van der Waals surface area contributed by atoms with Crippen LogP contribution in [-0.4, -0.2) is 0 Å². The topological polar surface area (TPSA) is 13.1 Å². The van der Waals surface area contributed by atoms with Gasteiger partial charge in [0.1, 0.15) is 7.05 Å². The standard InChI is InChI=1S/C13H13FNO.HI/c1-10-6-7-12(11(14)9-10)16-13-5-3-4-8-15(13)2;/h3-9H,1-2H3;1H/q+1;/p-1. The second-order valence-electron chi connectivity index (χ2n) is 3.69. The van der Waals surface area contributed by atoms with Crippen LogP contribution >= 0.6 is 0 Å². The third-order valence-corrected chi connectivity index (χ3v) is 2.31. The number of aromatic nitrogens is 1. The van der Waals surface area contributed by atoms with Gasteiger partial charge in [-0.3, -0.25) is 0 Å². The molecule has 2 aromatic rings. The van der Waals surface area contributed by atoms with Gasteiger partial charge in [-0.25, -0.2) is 4.39 Å². The van der Waals surface area contributed by atoms with Crippen LogP contribution < -0.4 is 33.3 Å². The van der Waals surface area contributed by atoms with Crippen molar-refractivity contribution < 1.29 is 37.7 Å². The van der Waals surface area contributed by atoms with E-state index >= 15 is 0 Å². The third-order valence-electron chi connectivity index (χ3n) is 2.31. The Morgan fingerprint density at radius 3 is 2.59 bits per heavy atom. The lowest BCUT2D eigenvalue weighted by Gasteiger charge is -2.04. The Morgan fingerprint density at radius 1 is 1.18 bits per heavy atom. The van der Waals surface area contributed by atoms with Gasteiger partial charge in [-0.05, 0) is 30.7 Å². The lowest BCUT2D eigenvalue weighted by atomic mass is 10.2. The van der Waals surface area contributed by atoms with E-state index in [-0.39, 0.29) is 35.5 Å². The molecule has 0 radical (unpaired) electrons. The van der Waals surface area contributed by atoms with Gasteiger partial charge in [0.2, 0.25) is 0 Å². The van der Waals surface area contributed by atoms with Crippen molar-refractivity contribution in [2.75, 3.05) is 0 Å². The zero-order chi connectivity index (χ0) is 11.5. The zero-order valence-corrected chi connectivity index (χ0v) is 11.8. The van der Waals surface area contributed by atoms with E-state index < -0.39 is 0 Å². The largest absolute Gasteiger partial charge is 1.00 e. The first-order valence-corrected chi connectivity index (χ1v) is 5.05. The minimum atomic E-state index is -0.344. The average Bonchev–Trinajstić information content (AvgIpc) is 2.25. The maximum Gasteiger partial charge on any atom is 0.373 e. The summed E-state index contributed by atoms with van der Waals surface area (Å²) in [6, 6.07) is 10.4. The summed E-state index contributed by atoms with van der Waals surface area (Å²) < 4.78 is 20.8. The van der Waals surface area contributed by atoms with Crippen molar-refractivity contribution >= 4 is 0 Å². The predicted octanol–water partition coefficient (Wildman–Crippen LogP) is -0.245. The molecule has 1 heterocycles. The fourth-order valence-corrected chi connectivity index (χ4v) is 1.42. The van der Waals surface area contributed by atoms with Gasteiger partial charge in [-0.2, -0.15) is 4.57 Å². The fourth-order valence-electron chi connectivity index (χ4n) is 1.42. The highest BCUT2D eigenvalue weighted by Crippen LogP contribution is 2.22. The van der Waals surface area contributed by atoms with Crippen LogP contribution in [0.15, 0.2) is 42.6 Å². The molecule has 0 aliphatic carbocycles. The summed E-state index contributed by atoms with van der Waals surface area (Å²) in [5.74, 6) is 0.501. The van der Waals surface area contributed by atoms with Gasteiger partial charge in [0.25, 0.3) is 0 Å². The van der Waals surface area contributed by atoms with Gasteiger partial charge >= 0.3 is 5.88 Å². The van der Waals surface area contributed by atoms with Crippen LogP contribution in [0.3, 0.4) is 0 Å². The summed E-state index contributed by atoms with van der Waals surface area (Å²) in [5, 5.41) is 0. The molecule has 2 nitrogen and oxygen atoms in total. The minimum absolute atomic E-state index is 0. The Morgan fingerprint density at radius 2 is 1.94 bits per heavy atom. The SMILES string of the molecule is Cc1ccc(Oc2cccc[n+]2C)c(F)c1.[I-]. The van der Waals surface area contributed by atoms with Crippen molar-refractivity contribution in [3.8, 4) is 11.6 Å². The fraction of sp³-hybridized carbons (Fsp3) is 0.154. The van der Waals surface area contributed by atoms with Crippen molar-refractivity contribution in [3.63, 3.8) is 0 Å². The van der Waals surface area contributed by atoms with Gasteiger partial charge in [0.05, 0.1) is 6.07 Å². The summed E-state index contributed by atoms with van der Waals surface area (Å²) in [7, 11) is 1.85. The Balaban J connectivity index is 0.00000144. The van der Waals surface area contributed by atoms with Crippen LogP contribution in [0.5, 0.6) is 11.6 Å². The van der Waals surface area contributed by atoms with Crippen LogP contribution in [0.1, 0.15) is 5.56 Å². The lowest BCUT2D eigenvalue weighted by Crippen LogP contribution is -3.00. The Bertz CT molecular complexity index is 517. The summed E-state index contributed by atoms with van der Waals surface area (Å²) in [6.07, 6.45) is 1.85. The number of benzene rings is 1. The molecule has 0 saturated carbocycles. The monoisotopic (exact) mass is 345 g/mol. The molecule has 1 aromatic carbocycles. The number of hydrogen-bond donors (Lipinski definition) is 0. The number of ether oxygens (including phenoxy) is 1. The number of hydrogen-bond acceptors (Lipinski definition) is 1. The second-order valence-corrected chi connectivity index (χ2v) is 3.69. The van der Waals surface area contributed by atoms with Crippen LogP contribution in [-0.2, 0) is 7.05 Å². The highest BCUT2D eigenvalue weighted by Gasteiger charge is 2.10.